The largest absolute Gasteiger partial charge is 0.491 e. The highest BCUT2D eigenvalue weighted by Gasteiger charge is 2.22. The molecule has 1 aliphatic heterocycles. The lowest BCUT2D eigenvalue weighted by atomic mass is 10.2. The zero-order chi connectivity index (χ0) is 23.4. The predicted octanol–water partition coefficient (Wildman–Crippen LogP) is 4.15. The summed E-state index contributed by atoms with van der Waals surface area (Å²) in [5, 5.41) is 3.84. The first-order valence-electron chi connectivity index (χ1n) is 10.7. The standard InChI is InChI=1S/C23H25ClFN5O3/c1-14-11-30(12-22(31)33-14)6-2-3-7-32-21-10-20-16(9-19(21)26)23(28-13-27-20)29-15-4-5-18(25)17(24)8-15/h4-5,8-10,13-14H,2-3,6-7,11-12,26H2,1H3,(H,27,28,29)/t14-/m0/s1. The van der Waals surface area contributed by atoms with Crippen LogP contribution < -0.4 is 15.8 Å². The molecule has 3 aromatic rings. The van der Waals surface area contributed by atoms with E-state index in [1.807, 2.05) is 6.92 Å². The molecule has 0 amide bonds. The maximum atomic E-state index is 13.4. The van der Waals surface area contributed by atoms with Crippen LogP contribution in [0.2, 0.25) is 5.02 Å². The van der Waals surface area contributed by atoms with Gasteiger partial charge in [0.05, 0.1) is 29.4 Å². The number of unbranched alkanes of at least 4 members (excludes halogenated alkanes) is 1. The van der Waals surface area contributed by atoms with Gasteiger partial charge in [-0.1, -0.05) is 11.6 Å². The molecule has 0 aliphatic carbocycles. The fraction of sp³-hybridized carbons (Fsp3) is 0.348. The fourth-order valence-electron chi connectivity index (χ4n) is 3.74. The van der Waals surface area contributed by atoms with E-state index in [1.165, 1.54) is 18.5 Å². The van der Waals surface area contributed by atoms with E-state index in [0.717, 1.165) is 25.9 Å². The van der Waals surface area contributed by atoms with E-state index >= 15 is 0 Å². The number of nitrogens with two attached hydrogens (primary N) is 1. The van der Waals surface area contributed by atoms with Gasteiger partial charge in [-0.25, -0.2) is 14.4 Å². The van der Waals surface area contributed by atoms with E-state index in [4.69, 9.17) is 26.8 Å². The number of aromatic nitrogens is 2. The van der Waals surface area contributed by atoms with E-state index in [-0.39, 0.29) is 17.1 Å². The second-order valence-corrected chi connectivity index (χ2v) is 8.38. The van der Waals surface area contributed by atoms with Crippen molar-refractivity contribution in [3.8, 4) is 5.75 Å². The fourth-order valence-corrected chi connectivity index (χ4v) is 3.92. The predicted molar refractivity (Wildman–Crippen MR) is 125 cm³/mol. The maximum absolute atomic E-state index is 13.4. The molecule has 0 spiro atoms. The number of hydrogen-bond donors (Lipinski definition) is 2. The van der Waals surface area contributed by atoms with Crippen molar-refractivity contribution in [2.75, 3.05) is 37.3 Å². The molecule has 1 aliphatic rings. The van der Waals surface area contributed by atoms with Gasteiger partial charge in [-0.05, 0) is 50.6 Å². The number of esters is 1. The van der Waals surface area contributed by atoms with Crippen molar-refractivity contribution >= 4 is 45.7 Å². The normalized spacial score (nSPS) is 16.6. The summed E-state index contributed by atoms with van der Waals surface area (Å²) in [5.74, 6) is 0.406. The summed E-state index contributed by atoms with van der Waals surface area (Å²) in [4.78, 5) is 22.2. The minimum atomic E-state index is -0.492. The summed E-state index contributed by atoms with van der Waals surface area (Å²) in [7, 11) is 0. The Morgan fingerprint density at radius 3 is 2.94 bits per heavy atom. The van der Waals surface area contributed by atoms with Crippen molar-refractivity contribution in [2.24, 2.45) is 0 Å². The highest BCUT2D eigenvalue weighted by Crippen LogP contribution is 2.32. The number of fused-ring (bicyclic) bond motifs is 1. The van der Waals surface area contributed by atoms with Crippen LogP contribution in [-0.2, 0) is 9.53 Å². The molecule has 0 saturated carbocycles. The van der Waals surface area contributed by atoms with Crippen LogP contribution in [0.25, 0.3) is 10.9 Å². The zero-order valence-corrected chi connectivity index (χ0v) is 18.9. The lowest BCUT2D eigenvalue weighted by molar-refractivity contribution is -0.157. The number of halogens is 2. The van der Waals surface area contributed by atoms with E-state index in [2.05, 4.69) is 20.2 Å². The second kappa shape index (κ2) is 10.2. The second-order valence-electron chi connectivity index (χ2n) is 7.97. The van der Waals surface area contributed by atoms with Gasteiger partial charge in [-0.15, -0.1) is 0 Å². The number of cyclic esters (lactones) is 1. The third-order valence-corrected chi connectivity index (χ3v) is 5.57. The number of ether oxygens (including phenoxy) is 2. The Bertz CT molecular complexity index is 1160. The molecule has 0 unspecified atom stereocenters. The topological polar surface area (TPSA) is 103 Å². The van der Waals surface area contributed by atoms with Gasteiger partial charge < -0.3 is 20.5 Å². The monoisotopic (exact) mass is 473 g/mol. The van der Waals surface area contributed by atoms with Gasteiger partial charge in [0, 0.05) is 23.7 Å². The number of rotatable bonds is 8. The van der Waals surface area contributed by atoms with Crippen LogP contribution in [-0.4, -0.2) is 53.2 Å². The van der Waals surface area contributed by atoms with Gasteiger partial charge >= 0.3 is 5.97 Å². The first-order chi connectivity index (χ1) is 15.9. The highest BCUT2D eigenvalue weighted by atomic mass is 35.5. The van der Waals surface area contributed by atoms with Crippen LogP contribution in [0.5, 0.6) is 5.75 Å². The number of morpholine rings is 1. The number of carbonyl (C=O) groups is 1. The van der Waals surface area contributed by atoms with Crippen molar-refractivity contribution in [1.29, 1.82) is 0 Å². The molecule has 1 aromatic heterocycles. The molecule has 2 heterocycles. The molecular weight excluding hydrogens is 449 g/mol. The molecule has 8 nitrogen and oxygen atoms in total. The number of benzene rings is 2. The minimum absolute atomic E-state index is 0.0169. The maximum Gasteiger partial charge on any atom is 0.320 e. The van der Waals surface area contributed by atoms with Crippen LogP contribution >= 0.6 is 11.6 Å². The van der Waals surface area contributed by atoms with E-state index in [0.29, 0.717) is 47.0 Å². The Morgan fingerprint density at radius 1 is 1.30 bits per heavy atom. The lowest BCUT2D eigenvalue weighted by Crippen LogP contribution is -2.44. The molecule has 1 fully saturated rings. The molecule has 174 valence electrons. The average Bonchev–Trinajstić information content (AvgIpc) is 2.76. The molecule has 4 rings (SSSR count). The molecule has 0 bridgehead atoms. The summed E-state index contributed by atoms with van der Waals surface area (Å²) in [5.41, 5.74) is 7.93. The van der Waals surface area contributed by atoms with Crippen molar-refractivity contribution in [3.63, 3.8) is 0 Å². The van der Waals surface area contributed by atoms with Crippen molar-refractivity contribution in [1.82, 2.24) is 14.9 Å². The molecule has 10 heteroatoms. The molecule has 0 radical (unpaired) electrons. The number of nitrogens with zero attached hydrogens (tertiary/aromatic N) is 3. The summed E-state index contributed by atoms with van der Waals surface area (Å²) in [6, 6.07) is 7.87. The summed E-state index contributed by atoms with van der Waals surface area (Å²) in [6.45, 7) is 4.29. The third-order valence-electron chi connectivity index (χ3n) is 5.28. The van der Waals surface area contributed by atoms with Crippen LogP contribution in [0.4, 0.5) is 21.6 Å². The summed E-state index contributed by atoms with van der Waals surface area (Å²) < 4.78 is 24.5. The van der Waals surface area contributed by atoms with Gasteiger partial charge in [0.15, 0.2) is 0 Å². The van der Waals surface area contributed by atoms with Crippen LogP contribution in [0.15, 0.2) is 36.7 Å². The van der Waals surface area contributed by atoms with Crippen molar-refractivity contribution in [2.45, 2.75) is 25.9 Å². The lowest BCUT2D eigenvalue weighted by Gasteiger charge is -2.30. The minimum Gasteiger partial charge on any atom is -0.491 e. The van der Waals surface area contributed by atoms with Crippen LogP contribution in [0.1, 0.15) is 19.8 Å². The Morgan fingerprint density at radius 2 is 2.15 bits per heavy atom. The van der Waals surface area contributed by atoms with Gasteiger partial charge in [0.25, 0.3) is 0 Å². The number of anilines is 3. The Labute approximate surface area is 195 Å². The first kappa shape index (κ1) is 23.0. The van der Waals surface area contributed by atoms with Gasteiger partial charge in [0.1, 0.15) is 29.8 Å². The first-order valence-corrected chi connectivity index (χ1v) is 11.1. The van der Waals surface area contributed by atoms with Crippen molar-refractivity contribution < 1.29 is 18.7 Å². The van der Waals surface area contributed by atoms with Crippen molar-refractivity contribution in [3.05, 3.63) is 47.5 Å². The number of hydrogen-bond acceptors (Lipinski definition) is 8. The summed E-state index contributed by atoms with van der Waals surface area (Å²) in [6.07, 6.45) is 3.07. The number of carbonyl (C=O) groups excluding carboxylic acids is 1. The molecule has 33 heavy (non-hydrogen) atoms. The SMILES string of the molecule is C[C@H]1CN(CCCCOc2cc3ncnc(Nc4ccc(F)c(Cl)c4)c3cc2N)CC(=O)O1. The Hall–Kier alpha value is -3.17. The molecule has 3 N–H and O–H groups in total. The van der Waals surface area contributed by atoms with Gasteiger partial charge in [0.2, 0.25) is 0 Å². The number of nitrogen functional groups attached to an aromatic ring is 1. The smallest absolute Gasteiger partial charge is 0.320 e. The van der Waals surface area contributed by atoms with Gasteiger partial charge in [-0.2, -0.15) is 0 Å². The van der Waals surface area contributed by atoms with Crippen LogP contribution in [0.3, 0.4) is 0 Å². The zero-order valence-electron chi connectivity index (χ0n) is 18.2. The summed E-state index contributed by atoms with van der Waals surface area (Å²) >= 11 is 5.86. The molecular formula is C23H25ClFN5O3. The molecule has 2 aromatic carbocycles. The van der Waals surface area contributed by atoms with E-state index in [1.54, 1.807) is 18.2 Å². The quantitative estimate of drug-likeness (QED) is 0.286. The van der Waals surface area contributed by atoms with E-state index < -0.39 is 5.82 Å². The Kier molecular flexibility index (Phi) is 7.10. The number of nitrogens with one attached hydrogen (secondary N) is 1. The molecule has 1 saturated heterocycles. The van der Waals surface area contributed by atoms with Gasteiger partial charge in [-0.3, -0.25) is 9.69 Å². The average molecular weight is 474 g/mol. The third kappa shape index (κ3) is 5.80. The Balaban J connectivity index is 1.36. The molecule has 1 atom stereocenters. The highest BCUT2D eigenvalue weighted by molar-refractivity contribution is 6.31. The van der Waals surface area contributed by atoms with Crippen LogP contribution in [0, 0.1) is 5.82 Å². The van der Waals surface area contributed by atoms with E-state index in [9.17, 15) is 9.18 Å².